The molecule has 3 rings (SSSR count). The van der Waals surface area contributed by atoms with Crippen molar-refractivity contribution in [3.63, 3.8) is 0 Å². The van der Waals surface area contributed by atoms with E-state index in [1.165, 1.54) is 0 Å². The highest BCUT2D eigenvalue weighted by atomic mass is 16.2. The standard InChI is InChI=1S/C20H27N3O2/c1-23-12-10-16(11-13-23)14-21-19(24)9-4-15-2-5-17(6-3-15)20(25)22-18-7-8-18/h2-6,9,16,18H,7-8,10-14H2,1H3,(H,21,24)(H,22,25). The maximum absolute atomic E-state index is 12.0. The van der Waals surface area contributed by atoms with Gasteiger partial charge in [-0.3, -0.25) is 9.59 Å². The van der Waals surface area contributed by atoms with Gasteiger partial charge in [-0.05, 0) is 75.5 Å². The van der Waals surface area contributed by atoms with Crippen molar-refractivity contribution in [1.82, 2.24) is 15.5 Å². The molecule has 1 heterocycles. The number of rotatable bonds is 6. The lowest BCUT2D eigenvalue weighted by Crippen LogP contribution is -2.36. The fraction of sp³-hybridized carbons (Fsp3) is 0.500. The smallest absolute Gasteiger partial charge is 0.251 e. The molecular formula is C20H27N3O2. The molecule has 5 heteroatoms. The summed E-state index contributed by atoms with van der Waals surface area (Å²) >= 11 is 0. The molecule has 1 saturated carbocycles. The fourth-order valence-corrected chi connectivity index (χ4v) is 2.98. The van der Waals surface area contributed by atoms with Crippen LogP contribution < -0.4 is 10.6 Å². The summed E-state index contributed by atoms with van der Waals surface area (Å²) in [5.74, 6) is 0.501. The summed E-state index contributed by atoms with van der Waals surface area (Å²) in [5.41, 5.74) is 1.58. The molecule has 2 amide bonds. The number of likely N-dealkylation sites (tertiary alicyclic amines) is 1. The third kappa shape index (κ3) is 5.71. The highest BCUT2D eigenvalue weighted by Gasteiger charge is 2.23. The quantitative estimate of drug-likeness (QED) is 0.779. The highest BCUT2D eigenvalue weighted by molar-refractivity contribution is 5.95. The van der Waals surface area contributed by atoms with Gasteiger partial charge in [0.05, 0.1) is 0 Å². The average molecular weight is 341 g/mol. The number of nitrogens with one attached hydrogen (secondary N) is 2. The van der Waals surface area contributed by atoms with Crippen molar-refractivity contribution in [2.45, 2.75) is 31.7 Å². The second-order valence-corrected chi connectivity index (χ2v) is 7.19. The van der Waals surface area contributed by atoms with Crippen LogP contribution in [0.2, 0.25) is 0 Å². The van der Waals surface area contributed by atoms with E-state index in [0.717, 1.165) is 50.9 Å². The molecule has 1 aromatic carbocycles. The topological polar surface area (TPSA) is 61.4 Å². The lowest BCUT2D eigenvalue weighted by atomic mass is 9.97. The van der Waals surface area contributed by atoms with Crippen LogP contribution in [0.1, 0.15) is 41.6 Å². The Morgan fingerprint density at radius 1 is 1.12 bits per heavy atom. The van der Waals surface area contributed by atoms with E-state index in [2.05, 4.69) is 22.6 Å². The van der Waals surface area contributed by atoms with Crippen molar-refractivity contribution in [3.05, 3.63) is 41.5 Å². The van der Waals surface area contributed by atoms with Gasteiger partial charge in [-0.1, -0.05) is 12.1 Å². The van der Waals surface area contributed by atoms with Gasteiger partial charge in [0.15, 0.2) is 0 Å². The highest BCUT2D eigenvalue weighted by Crippen LogP contribution is 2.19. The number of amides is 2. The summed E-state index contributed by atoms with van der Waals surface area (Å²) in [7, 11) is 2.14. The van der Waals surface area contributed by atoms with Crippen LogP contribution in [0.5, 0.6) is 0 Å². The zero-order valence-electron chi connectivity index (χ0n) is 14.8. The molecule has 0 aromatic heterocycles. The van der Waals surface area contributed by atoms with Crippen molar-refractivity contribution in [1.29, 1.82) is 0 Å². The van der Waals surface area contributed by atoms with Crippen LogP contribution in [0.3, 0.4) is 0 Å². The first-order chi connectivity index (χ1) is 12.1. The molecular weight excluding hydrogens is 314 g/mol. The molecule has 1 aliphatic heterocycles. The number of benzene rings is 1. The molecule has 1 aliphatic carbocycles. The first-order valence-electron chi connectivity index (χ1n) is 9.15. The SMILES string of the molecule is CN1CCC(CNC(=O)C=Cc2ccc(C(=O)NC3CC3)cc2)CC1. The zero-order chi connectivity index (χ0) is 17.6. The summed E-state index contributed by atoms with van der Waals surface area (Å²) in [5, 5.41) is 5.95. The van der Waals surface area contributed by atoms with Crippen molar-refractivity contribution in [2.75, 3.05) is 26.7 Å². The number of carbonyl (C=O) groups is 2. The summed E-state index contributed by atoms with van der Waals surface area (Å²) < 4.78 is 0. The van der Waals surface area contributed by atoms with E-state index in [1.807, 2.05) is 12.1 Å². The number of hydrogen-bond acceptors (Lipinski definition) is 3. The van der Waals surface area contributed by atoms with Gasteiger partial charge in [0.25, 0.3) is 5.91 Å². The van der Waals surface area contributed by atoms with Gasteiger partial charge in [0.2, 0.25) is 5.91 Å². The largest absolute Gasteiger partial charge is 0.352 e. The molecule has 2 N–H and O–H groups in total. The number of piperidine rings is 1. The molecule has 2 fully saturated rings. The normalized spacial score (nSPS) is 19.1. The minimum Gasteiger partial charge on any atom is -0.352 e. The Morgan fingerprint density at radius 2 is 1.80 bits per heavy atom. The minimum absolute atomic E-state index is 0.0195. The first-order valence-corrected chi connectivity index (χ1v) is 9.15. The number of hydrogen-bond donors (Lipinski definition) is 2. The van der Waals surface area contributed by atoms with Crippen LogP contribution in [0.25, 0.3) is 6.08 Å². The van der Waals surface area contributed by atoms with Crippen molar-refractivity contribution < 1.29 is 9.59 Å². The lowest BCUT2D eigenvalue weighted by Gasteiger charge is -2.28. The van der Waals surface area contributed by atoms with Crippen molar-refractivity contribution in [3.8, 4) is 0 Å². The van der Waals surface area contributed by atoms with Crippen LogP contribution in [0, 0.1) is 5.92 Å². The van der Waals surface area contributed by atoms with Crippen LogP contribution in [0.4, 0.5) is 0 Å². The molecule has 5 nitrogen and oxygen atoms in total. The van der Waals surface area contributed by atoms with Gasteiger partial charge in [0, 0.05) is 24.2 Å². The van der Waals surface area contributed by atoms with Crippen molar-refractivity contribution >= 4 is 17.9 Å². The third-order valence-corrected chi connectivity index (χ3v) is 4.92. The number of nitrogens with zero attached hydrogens (tertiary/aromatic N) is 1. The Morgan fingerprint density at radius 3 is 2.44 bits per heavy atom. The Bertz CT molecular complexity index is 627. The zero-order valence-corrected chi connectivity index (χ0v) is 14.8. The Labute approximate surface area is 149 Å². The molecule has 1 saturated heterocycles. The second kappa shape index (κ2) is 8.30. The predicted octanol–water partition coefficient (Wildman–Crippen LogP) is 2.05. The molecule has 2 aliphatic rings. The van der Waals surface area contributed by atoms with Crippen LogP contribution >= 0.6 is 0 Å². The molecule has 0 spiro atoms. The second-order valence-electron chi connectivity index (χ2n) is 7.19. The van der Waals surface area contributed by atoms with Crippen LogP contribution in [-0.4, -0.2) is 49.4 Å². The predicted molar refractivity (Wildman–Crippen MR) is 99.2 cm³/mol. The molecule has 25 heavy (non-hydrogen) atoms. The van der Waals surface area contributed by atoms with Crippen LogP contribution in [0.15, 0.2) is 30.3 Å². The molecule has 0 bridgehead atoms. The van der Waals surface area contributed by atoms with Gasteiger partial charge >= 0.3 is 0 Å². The summed E-state index contributed by atoms with van der Waals surface area (Å²) in [6, 6.07) is 7.69. The molecule has 134 valence electrons. The van der Waals surface area contributed by atoms with E-state index in [0.29, 0.717) is 17.5 Å². The minimum atomic E-state index is -0.0607. The fourth-order valence-electron chi connectivity index (χ4n) is 2.98. The van der Waals surface area contributed by atoms with Crippen molar-refractivity contribution in [2.24, 2.45) is 5.92 Å². The van der Waals surface area contributed by atoms with E-state index >= 15 is 0 Å². The molecule has 0 unspecified atom stereocenters. The Kier molecular flexibility index (Phi) is 5.87. The van der Waals surface area contributed by atoms with E-state index < -0.39 is 0 Å². The summed E-state index contributed by atoms with van der Waals surface area (Å²) in [4.78, 5) is 26.2. The maximum atomic E-state index is 12.0. The summed E-state index contributed by atoms with van der Waals surface area (Å²) in [6.07, 6.45) is 7.80. The Balaban J connectivity index is 1.42. The van der Waals surface area contributed by atoms with E-state index in [1.54, 1.807) is 24.3 Å². The first kappa shape index (κ1) is 17.7. The summed E-state index contributed by atoms with van der Waals surface area (Å²) in [6.45, 7) is 2.96. The van der Waals surface area contributed by atoms with Gasteiger partial charge < -0.3 is 15.5 Å². The maximum Gasteiger partial charge on any atom is 0.251 e. The van der Waals surface area contributed by atoms with Gasteiger partial charge in [-0.2, -0.15) is 0 Å². The average Bonchev–Trinajstić information content (AvgIpc) is 3.44. The monoisotopic (exact) mass is 341 g/mol. The molecule has 1 aromatic rings. The van der Waals surface area contributed by atoms with Crippen LogP contribution in [-0.2, 0) is 4.79 Å². The third-order valence-electron chi connectivity index (χ3n) is 4.92. The molecule has 0 radical (unpaired) electrons. The van der Waals surface area contributed by atoms with Gasteiger partial charge in [-0.15, -0.1) is 0 Å². The number of carbonyl (C=O) groups excluding carboxylic acids is 2. The van der Waals surface area contributed by atoms with E-state index in [-0.39, 0.29) is 11.8 Å². The van der Waals surface area contributed by atoms with Gasteiger partial charge in [0.1, 0.15) is 0 Å². The lowest BCUT2D eigenvalue weighted by molar-refractivity contribution is -0.116. The molecule has 0 atom stereocenters. The van der Waals surface area contributed by atoms with Gasteiger partial charge in [-0.25, -0.2) is 0 Å². The van der Waals surface area contributed by atoms with E-state index in [4.69, 9.17) is 0 Å². The Hall–Kier alpha value is -2.14. The van der Waals surface area contributed by atoms with E-state index in [9.17, 15) is 9.59 Å².